The van der Waals surface area contributed by atoms with Crippen LogP contribution in [-0.4, -0.2) is 94.1 Å². The summed E-state index contributed by atoms with van der Waals surface area (Å²) in [5, 5.41) is 11.4. The van der Waals surface area contributed by atoms with Crippen LogP contribution >= 0.6 is 0 Å². The van der Waals surface area contributed by atoms with E-state index in [1.165, 1.54) is 26.2 Å². The van der Waals surface area contributed by atoms with Gasteiger partial charge in [-0.15, -0.1) is 0 Å². The summed E-state index contributed by atoms with van der Waals surface area (Å²) in [5.41, 5.74) is 0.825. The minimum Gasteiger partial charge on any atom is -0.507 e. The summed E-state index contributed by atoms with van der Waals surface area (Å²) < 4.78 is 32.7. The van der Waals surface area contributed by atoms with E-state index in [4.69, 9.17) is 28.4 Å². The van der Waals surface area contributed by atoms with E-state index in [9.17, 15) is 14.7 Å². The first-order chi connectivity index (χ1) is 18.5. The van der Waals surface area contributed by atoms with E-state index in [0.29, 0.717) is 59.6 Å². The molecule has 2 aromatic rings. The summed E-state index contributed by atoms with van der Waals surface area (Å²) in [6.07, 6.45) is 0. The topological polar surface area (TPSA) is 116 Å². The molecule has 38 heavy (non-hydrogen) atoms. The van der Waals surface area contributed by atoms with Gasteiger partial charge in [-0.2, -0.15) is 0 Å². The van der Waals surface area contributed by atoms with Crippen LogP contribution in [-0.2, 0) is 14.3 Å². The third-order valence-electron chi connectivity index (χ3n) is 6.95. The number of rotatable bonds is 8. The number of carbonyl (C=O) groups excluding carboxylic acids is 2. The van der Waals surface area contributed by atoms with Crippen molar-refractivity contribution in [2.45, 2.75) is 6.04 Å². The smallest absolute Gasteiger partial charge is 0.295 e. The van der Waals surface area contributed by atoms with Crippen molar-refractivity contribution < 1.29 is 43.1 Å². The van der Waals surface area contributed by atoms with E-state index < -0.39 is 17.7 Å². The number of ether oxygens (including phenoxy) is 6. The third kappa shape index (κ3) is 4.59. The summed E-state index contributed by atoms with van der Waals surface area (Å²) in [4.78, 5) is 30.5. The van der Waals surface area contributed by atoms with Gasteiger partial charge < -0.3 is 38.4 Å². The number of benzene rings is 2. The summed E-state index contributed by atoms with van der Waals surface area (Å²) in [7, 11) is 4.47. The van der Waals surface area contributed by atoms with E-state index in [1.807, 2.05) is 0 Å². The van der Waals surface area contributed by atoms with Gasteiger partial charge in [0.2, 0.25) is 12.5 Å². The van der Waals surface area contributed by atoms with Crippen molar-refractivity contribution in [3.05, 3.63) is 47.0 Å². The molecule has 0 aliphatic carbocycles. The molecule has 3 heterocycles. The summed E-state index contributed by atoms with van der Waals surface area (Å²) >= 11 is 0. The van der Waals surface area contributed by atoms with Gasteiger partial charge >= 0.3 is 0 Å². The first-order valence-corrected chi connectivity index (χ1v) is 12.2. The van der Waals surface area contributed by atoms with Crippen LogP contribution in [0.2, 0.25) is 0 Å². The number of hydrogen-bond acceptors (Lipinski definition) is 10. The highest BCUT2D eigenvalue weighted by Crippen LogP contribution is 2.46. The fraction of sp³-hybridized carbons (Fsp3) is 0.407. The first kappa shape index (κ1) is 25.7. The number of ketones is 1. The van der Waals surface area contributed by atoms with Gasteiger partial charge in [-0.25, -0.2) is 0 Å². The molecule has 2 aromatic carbocycles. The van der Waals surface area contributed by atoms with Crippen LogP contribution in [0.4, 0.5) is 0 Å². The third-order valence-corrected chi connectivity index (χ3v) is 6.95. The van der Waals surface area contributed by atoms with Gasteiger partial charge in [-0.05, 0) is 35.9 Å². The van der Waals surface area contributed by atoms with Crippen LogP contribution in [0.15, 0.2) is 35.9 Å². The molecule has 3 aliphatic heterocycles. The quantitative estimate of drug-likeness (QED) is 0.312. The van der Waals surface area contributed by atoms with Crippen LogP contribution in [0.25, 0.3) is 5.76 Å². The van der Waals surface area contributed by atoms with Crippen molar-refractivity contribution in [1.29, 1.82) is 0 Å². The number of Topliss-reactive ketones (excluding diaryl/α,β-unsaturated/α-hetero) is 1. The van der Waals surface area contributed by atoms with Gasteiger partial charge in [0, 0.05) is 31.7 Å². The number of aliphatic hydroxyl groups is 1. The predicted molar refractivity (Wildman–Crippen MR) is 135 cm³/mol. The molecule has 0 saturated carbocycles. The molecule has 2 fully saturated rings. The lowest BCUT2D eigenvalue weighted by Gasteiger charge is -2.31. The molecule has 202 valence electrons. The van der Waals surface area contributed by atoms with Gasteiger partial charge in [0.25, 0.3) is 11.7 Å². The molecule has 5 rings (SSSR count). The Morgan fingerprint density at radius 2 is 1.63 bits per heavy atom. The number of hydrogen-bond donors (Lipinski definition) is 1. The van der Waals surface area contributed by atoms with Crippen molar-refractivity contribution >= 4 is 17.4 Å². The van der Waals surface area contributed by atoms with Gasteiger partial charge in [-0.3, -0.25) is 14.5 Å². The average Bonchev–Trinajstić information content (AvgIpc) is 3.52. The van der Waals surface area contributed by atoms with Gasteiger partial charge in [0.15, 0.2) is 23.0 Å². The molecule has 1 N–H and O–H groups in total. The fourth-order valence-corrected chi connectivity index (χ4v) is 4.99. The molecule has 2 saturated heterocycles. The molecule has 1 atom stereocenters. The lowest BCUT2D eigenvalue weighted by molar-refractivity contribution is -0.140. The van der Waals surface area contributed by atoms with E-state index in [1.54, 1.807) is 30.3 Å². The minimum absolute atomic E-state index is 0.0369. The lowest BCUT2D eigenvalue weighted by Crippen LogP contribution is -2.42. The van der Waals surface area contributed by atoms with E-state index in [-0.39, 0.29) is 24.7 Å². The molecule has 0 bridgehead atoms. The molecule has 0 aromatic heterocycles. The van der Waals surface area contributed by atoms with Crippen LogP contribution in [0, 0.1) is 0 Å². The Bertz CT molecular complexity index is 1240. The maximum absolute atomic E-state index is 13.4. The molecule has 11 nitrogen and oxygen atoms in total. The highest BCUT2D eigenvalue weighted by Gasteiger charge is 2.46. The first-order valence-electron chi connectivity index (χ1n) is 12.2. The number of nitrogens with zero attached hydrogens (tertiary/aromatic N) is 2. The Kier molecular flexibility index (Phi) is 7.30. The molecule has 0 radical (unpaired) electrons. The average molecular weight is 527 g/mol. The Labute approximate surface area is 220 Å². The van der Waals surface area contributed by atoms with Crippen molar-refractivity contribution in [3.8, 4) is 28.7 Å². The highest BCUT2D eigenvalue weighted by molar-refractivity contribution is 6.46. The molecule has 1 amide bonds. The Morgan fingerprint density at radius 3 is 2.29 bits per heavy atom. The largest absolute Gasteiger partial charge is 0.507 e. The SMILES string of the molecule is COc1cc([C@@H]2C(=C(O)c3ccc4c(c3)OCO4)C(=O)C(=O)N2CCN2CCOCC2)cc(OC)c1OC. The summed E-state index contributed by atoms with van der Waals surface area (Å²) in [6.45, 7) is 3.56. The normalized spacial score (nSPS) is 20.6. The number of methoxy groups -OCH3 is 3. The molecule has 0 spiro atoms. The summed E-state index contributed by atoms with van der Waals surface area (Å²) in [6, 6.07) is 7.34. The summed E-state index contributed by atoms with van der Waals surface area (Å²) in [5.74, 6) is 0.301. The number of fused-ring (bicyclic) bond motifs is 1. The zero-order valence-corrected chi connectivity index (χ0v) is 21.5. The van der Waals surface area contributed by atoms with E-state index >= 15 is 0 Å². The molecule has 0 unspecified atom stereocenters. The van der Waals surface area contributed by atoms with Crippen LogP contribution in [0.3, 0.4) is 0 Å². The lowest BCUT2D eigenvalue weighted by atomic mass is 9.94. The van der Waals surface area contributed by atoms with E-state index in [2.05, 4.69) is 4.90 Å². The number of carbonyl (C=O) groups is 2. The van der Waals surface area contributed by atoms with Crippen LogP contribution < -0.4 is 23.7 Å². The zero-order chi connectivity index (χ0) is 26.8. The molecular formula is C27H30N2O9. The Morgan fingerprint density at radius 1 is 0.947 bits per heavy atom. The standard InChI is InChI=1S/C27H30N2O9/c1-33-20-13-17(14-21(34-2)26(20)35-3)23-22(24(30)16-4-5-18-19(12-16)38-15-37-18)25(31)27(32)29(23)7-6-28-8-10-36-11-9-28/h4-5,12-14,23,30H,6-11,15H2,1-3H3/t23-/m1/s1. The predicted octanol–water partition coefficient (Wildman–Crippen LogP) is 2.20. The van der Waals surface area contributed by atoms with Crippen LogP contribution in [0.1, 0.15) is 17.2 Å². The maximum Gasteiger partial charge on any atom is 0.295 e. The van der Waals surface area contributed by atoms with Crippen molar-refractivity contribution in [2.75, 3.05) is 67.5 Å². The van der Waals surface area contributed by atoms with Crippen LogP contribution in [0.5, 0.6) is 28.7 Å². The second-order valence-corrected chi connectivity index (χ2v) is 8.97. The number of aliphatic hydroxyl groups excluding tert-OH is 1. The molecule has 11 heteroatoms. The minimum atomic E-state index is -0.893. The van der Waals surface area contributed by atoms with Gasteiger partial charge in [0.1, 0.15) is 5.76 Å². The van der Waals surface area contributed by atoms with Gasteiger partial charge in [-0.1, -0.05) is 0 Å². The van der Waals surface area contributed by atoms with E-state index in [0.717, 1.165) is 13.1 Å². The van der Waals surface area contributed by atoms with Crippen molar-refractivity contribution in [1.82, 2.24) is 9.80 Å². The molecule has 3 aliphatic rings. The molecular weight excluding hydrogens is 496 g/mol. The maximum atomic E-state index is 13.4. The second-order valence-electron chi connectivity index (χ2n) is 8.97. The fourth-order valence-electron chi connectivity index (χ4n) is 4.99. The second kappa shape index (κ2) is 10.8. The Hall–Kier alpha value is -3.96. The monoisotopic (exact) mass is 526 g/mol. The number of amides is 1. The Balaban J connectivity index is 1.61. The van der Waals surface area contributed by atoms with Gasteiger partial charge in [0.05, 0.1) is 46.2 Å². The number of morpholine rings is 1. The van der Waals surface area contributed by atoms with Crippen molar-refractivity contribution in [3.63, 3.8) is 0 Å². The number of likely N-dealkylation sites (tertiary alicyclic amines) is 1. The zero-order valence-electron chi connectivity index (χ0n) is 21.5. The highest BCUT2D eigenvalue weighted by atomic mass is 16.7. The van der Waals surface area contributed by atoms with Crippen molar-refractivity contribution in [2.24, 2.45) is 0 Å².